The maximum absolute atomic E-state index is 6.42. The monoisotopic (exact) mass is 250 g/mol. The first kappa shape index (κ1) is 12.3. The minimum absolute atomic E-state index is 0.633. The topological polar surface area (TPSA) is 9.23 Å². The summed E-state index contributed by atoms with van der Waals surface area (Å²) in [6, 6.07) is 0. The van der Waals surface area contributed by atoms with Gasteiger partial charge in [-0.2, -0.15) is 0 Å². The van der Waals surface area contributed by atoms with Crippen molar-refractivity contribution in [3.05, 3.63) is 0 Å². The molecule has 0 saturated carbocycles. The van der Waals surface area contributed by atoms with Crippen molar-refractivity contribution in [2.24, 2.45) is 0 Å². The second-order valence-corrected chi connectivity index (χ2v) is 17.4. The van der Waals surface area contributed by atoms with Crippen molar-refractivity contribution in [1.29, 1.82) is 0 Å². The molecule has 2 bridgehead atoms. The zero-order chi connectivity index (χ0) is 11.1. The summed E-state index contributed by atoms with van der Waals surface area (Å²) >= 11 is 0. The molecule has 2 heterocycles. The van der Waals surface area contributed by atoms with E-state index < -0.39 is 14.5 Å². The number of hydrogen-bond acceptors (Lipinski definition) is 1. The van der Waals surface area contributed by atoms with Gasteiger partial charge in [0.05, 0.1) is 0 Å². The van der Waals surface area contributed by atoms with Crippen LogP contribution < -0.4 is 0 Å². The molecule has 0 N–H and O–H groups in total. The van der Waals surface area contributed by atoms with Crippen molar-refractivity contribution in [3.63, 3.8) is 0 Å². The Morgan fingerprint density at radius 2 is 1.73 bits per heavy atom. The molecular weight excluding hydrogens is 222 g/mol. The van der Waals surface area contributed by atoms with Crippen LogP contribution >= 0.6 is 14.5 Å². The SMILES string of the molecule is C[PH]1(C)CCC2OC(CCC[PH]2(C)C)C1. The van der Waals surface area contributed by atoms with Gasteiger partial charge in [-0.15, -0.1) is 0 Å². The Kier molecular flexibility index (Phi) is 3.48. The Labute approximate surface area is 96.0 Å². The summed E-state index contributed by atoms with van der Waals surface area (Å²) in [5.74, 6) is 0.680. The zero-order valence-electron chi connectivity index (χ0n) is 10.8. The van der Waals surface area contributed by atoms with E-state index in [1.807, 2.05) is 0 Å². The Morgan fingerprint density at radius 3 is 2.47 bits per heavy atom. The second kappa shape index (κ2) is 4.25. The molecule has 15 heavy (non-hydrogen) atoms. The predicted molar refractivity (Wildman–Crippen MR) is 77.4 cm³/mol. The fourth-order valence-electron chi connectivity index (χ4n) is 3.28. The standard InChI is InChI=1S/C12H28OP2/c1-14(2)9-7-12-13-11(10-14)6-5-8-15(12,3)4/h11-12,14-15H,5-10H2,1-4H3. The average Bonchev–Trinajstić information content (AvgIpc) is 2.30. The van der Waals surface area contributed by atoms with Gasteiger partial charge in [0.1, 0.15) is 0 Å². The molecular formula is C12H28OP2. The molecule has 0 aromatic rings. The quantitative estimate of drug-likeness (QED) is 0.601. The van der Waals surface area contributed by atoms with Gasteiger partial charge in [-0.05, 0) is 0 Å². The third-order valence-corrected chi connectivity index (χ3v) is 11.5. The number of fused-ring (bicyclic) bond motifs is 2. The fourth-order valence-corrected chi connectivity index (χ4v) is 9.27. The van der Waals surface area contributed by atoms with Crippen LogP contribution in [-0.4, -0.2) is 57.1 Å². The summed E-state index contributed by atoms with van der Waals surface area (Å²) in [7, 11) is -1.97. The third-order valence-electron chi connectivity index (χ3n) is 4.44. The van der Waals surface area contributed by atoms with E-state index >= 15 is 0 Å². The molecule has 2 fully saturated rings. The van der Waals surface area contributed by atoms with Crippen LogP contribution in [0, 0.1) is 0 Å². The minimum atomic E-state index is -1.06. The summed E-state index contributed by atoms with van der Waals surface area (Å²) < 4.78 is 6.42. The van der Waals surface area contributed by atoms with E-state index in [9.17, 15) is 0 Å². The molecule has 2 unspecified atom stereocenters. The van der Waals surface area contributed by atoms with Gasteiger partial charge in [0.15, 0.2) is 0 Å². The van der Waals surface area contributed by atoms with Crippen molar-refractivity contribution in [2.45, 2.75) is 31.2 Å². The molecule has 0 amide bonds. The molecule has 92 valence electrons. The summed E-state index contributed by atoms with van der Waals surface area (Å²) in [4.78, 5) is 0. The first-order chi connectivity index (χ1) is 6.89. The number of hydrogen-bond donors (Lipinski definition) is 0. The molecule has 2 atom stereocenters. The van der Waals surface area contributed by atoms with Crippen LogP contribution in [0.5, 0.6) is 0 Å². The van der Waals surface area contributed by atoms with Gasteiger partial charge in [0, 0.05) is 0 Å². The summed E-state index contributed by atoms with van der Waals surface area (Å²) in [6.45, 7) is 10.2. The van der Waals surface area contributed by atoms with Crippen LogP contribution in [0.4, 0.5) is 0 Å². The van der Waals surface area contributed by atoms with E-state index in [2.05, 4.69) is 26.7 Å². The van der Waals surface area contributed by atoms with Gasteiger partial charge in [0.2, 0.25) is 0 Å². The predicted octanol–water partition coefficient (Wildman–Crippen LogP) is 2.91. The van der Waals surface area contributed by atoms with Crippen molar-refractivity contribution in [3.8, 4) is 0 Å². The Morgan fingerprint density at radius 1 is 1.00 bits per heavy atom. The molecule has 0 radical (unpaired) electrons. The van der Waals surface area contributed by atoms with E-state index in [0.717, 1.165) is 0 Å². The van der Waals surface area contributed by atoms with Crippen LogP contribution in [0.15, 0.2) is 0 Å². The zero-order valence-corrected chi connectivity index (χ0v) is 12.8. The van der Waals surface area contributed by atoms with Gasteiger partial charge in [-0.25, -0.2) is 0 Å². The molecule has 2 saturated heterocycles. The van der Waals surface area contributed by atoms with Crippen LogP contribution in [-0.2, 0) is 4.74 Å². The fraction of sp³-hybridized carbons (Fsp3) is 1.00. The first-order valence-electron chi connectivity index (χ1n) is 6.55. The van der Waals surface area contributed by atoms with E-state index in [1.54, 1.807) is 0 Å². The molecule has 0 spiro atoms. The van der Waals surface area contributed by atoms with Crippen LogP contribution in [0.1, 0.15) is 19.3 Å². The normalized spacial score (nSPS) is 43.5. The Balaban J connectivity index is 2.16. The van der Waals surface area contributed by atoms with Crippen molar-refractivity contribution in [2.75, 3.05) is 45.1 Å². The van der Waals surface area contributed by atoms with Crippen LogP contribution in [0.25, 0.3) is 0 Å². The third kappa shape index (κ3) is 2.93. The Hall–Kier alpha value is 0.820. The molecule has 2 aliphatic rings. The van der Waals surface area contributed by atoms with Gasteiger partial charge >= 0.3 is 95.6 Å². The summed E-state index contributed by atoms with van der Waals surface area (Å²) in [5, 5.41) is 0. The van der Waals surface area contributed by atoms with E-state index in [0.29, 0.717) is 11.9 Å². The first-order valence-corrected chi connectivity index (χ1v) is 13.2. The van der Waals surface area contributed by atoms with Crippen molar-refractivity contribution in [1.82, 2.24) is 0 Å². The Bertz CT molecular complexity index is 238. The van der Waals surface area contributed by atoms with Crippen LogP contribution in [0.3, 0.4) is 0 Å². The van der Waals surface area contributed by atoms with Gasteiger partial charge in [0.25, 0.3) is 0 Å². The molecule has 2 rings (SSSR count). The van der Waals surface area contributed by atoms with Gasteiger partial charge < -0.3 is 0 Å². The summed E-state index contributed by atoms with van der Waals surface area (Å²) in [6.07, 6.45) is 9.23. The molecule has 3 heteroatoms. The van der Waals surface area contributed by atoms with E-state index in [1.165, 1.54) is 37.7 Å². The van der Waals surface area contributed by atoms with Crippen LogP contribution in [0.2, 0.25) is 0 Å². The van der Waals surface area contributed by atoms with E-state index in [-0.39, 0.29) is 0 Å². The van der Waals surface area contributed by atoms with Crippen molar-refractivity contribution >= 4 is 14.5 Å². The molecule has 1 nitrogen and oxygen atoms in total. The molecule has 2 aliphatic heterocycles. The average molecular weight is 250 g/mol. The number of rotatable bonds is 0. The molecule has 0 aromatic heterocycles. The molecule has 0 aromatic carbocycles. The van der Waals surface area contributed by atoms with Gasteiger partial charge in [-0.1, -0.05) is 0 Å². The second-order valence-electron chi connectivity index (χ2n) is 7.03. The summed E-state index contributed by atoms with van der Waals surface area (Å²) in [5.41, 5.74) is 0. The molecule has 0 aliphatic carbocycles. The van der Waals surface area contributed by atoms with E-state index in [4.69, 9.17) is 4.74 Å². The van der Waals surface area contributed by atoms with Crippen molar-refractivity contribution < 1.29 is 4.74 Å². The van der Waals surface area contributed by atoms with Gasteiger partial charge in [-0.3, -0.25) is 0 Å². The maximum atomic E-state index is 6.42. The number of ether oxygens (including phenoxy) is 1.